The van der Waals surface area contributed by atoms with Crippen LogP contribution in [0.25, 0.3) is 0 Å². The summed E-state index contributed by atoms with van der Waals surface area (Å²) in [6.07, 6.45) is -2.36. The molecule has 0 unspecified atom stereocenters. The molecule has 0 aromatic rings. The zero-order chi connectivity index (χ0) is 10.6. The molecule has 0 saturated carbocycles. The van der Waals surface area contributed by atoms with Crippen molar-refractivity contribution in [3.8, 4) is 0 Å². The van der Waals surface area contributed by atoms with Crippen LogP contribution in [-0.4, -0.2) is 54.3 Å². The monoisotopic (exact) mass is 207 g/mol. The van der Waals surface area contributed by atoms with Crippen LogP contribution < -0.4 is 5.90 Å². The Morgan fingerprint density at radius 1 is 1.50 bits per heavy atom. The van der Waals surface area contributed by atoms with Crippen LogP contribution in [0.15, 0.2) is 0 Å². The summed E-state index contributed by atoms with van der Waals surface area (Å²) in [5.74, 6) is 3.80. The van der Waals surface area contributed by atoms with Crippen LogP contribution in [0.3, 0.4) is 0 Å². The lowest BCUT2D eigenvalue weighted by molar-refractivity contribution is -0.191. The highest BCUT2D eigenvalue weighted by Gasteiger charge is 2.34. The molecular weight excluding hydrogens is 194 g/mol. The molecule has 7 heteroatoms. The first-order valence-corrected chi connectivity index (χ1v) is 4.10. The molecule has 0 amide bonds. The Balaban J connectivity index is 2.39. The fourth-order valence-corrected chi connectivity index (χ4v) is 1.18. The molecule has 14 heavy (non-hydrogen) atoms. The van der Waals surface area contributed by atoms with Crippen molar-refractivity contribution in [1.29, 1.82) is 0 Å². The highest BCUT2D eigenvalue weighted by Crippen LogP contribution is 2.13. The Morgan fingerprint density at radius 3 is 2.71 bits per heavy atom. The molecule has 1 saturated heterocycles. The van der Waals surface area contributed by atoms with Crippen molar-refractivity contribution < 1.29 is 29.3 Å². The number of aliphatic hydroxyl groups is 1. The van der Waals surface area contributed by atoms with Gasteiger partial charge in [0, 0.05) is 0 Å². The quantitative estimate of drug-likeness (QED) is 0.462. The van der Waals surface area contributed by atoms with E-state index in [4.69, 9.17) is 20.5 Å². The SMILES string of the molecule is NO[C@H]1COC[C@@H](OCC(=O)O)[C@H]1O. The number of aliphatic hydroxyl groups excluding tert-OH is 1. The number of carboxylic acid groups (broad SMARTS) is 1. The fraction of sp³-hybridized carbons (Fsp3) is 0.857. The van der Waals surface area contributed by atoms with E-state index < -0.39 is 30.9 Å². The lowest BCUT2D eigenvalue weighted by Crippen LogP contribution is -2.51. The molecule has 1 fully saturated rings. The molecule has 0 aromatic carbocycles. The largest absolute Gasteiger partial charge is 0.480 e. The average Bonchev–Trinajstić information content (AvgIpc) is 2.16. The molecule has 1 heterocycles. The second-order valence-corrected chi connectivity index (χ2v) is 2.95. The molecule has 3 atom stereocenters. The normalized spacial score (nSPS) is 32.9. The summed E-state index contributed by atoms with van der Waals surface area (Å²) in [6, 6.07) is 0. The zero-order valence-electron chi connectivity index (χ0n) is 7.46. The topological polar surface area (TPSA) is 111 Å². The summed E-state index contributed by atoms with van der Waals surface area (Å²) >= 11 is 0. The molecule has 0 aliphatic carbocycles. The number of carboxylic acids is 1. The van der Waals surface area contributed by atoms with Gasteiger partial charge in [-0.2, -0.15) is 0 Å². The van der Waals surface area contributed by atoms with Gasteiger partial charge in [0.2, 0.25) is 0 Å². The number of carbonyl (C=O) groups is 1. The Kier molecular flexibility index (Phi) is 4.23. The van der Waals surface area contributed by atoms with Crippen LogP contribution in [0.1, 0.15) is 0 Å². The van der Waals surface area contributed by atoms with Gasteiger partial charge in [0.15, 0.2) is 0 Å². The maximum Gasteiger partial charge on any atom is 0.329 e. The van der Waals surface area contributed by atoms with Gasteiger partial charge in [0.05, 0.1) is 13.2 Å². The Labute approximate surface area is 80.3 Å². The van der Waals surface area contributed by atoms with Gasteiger partial charge >= 0.3 is 5.97 Å². The molecule has 0 bridgehead atoms. The third kappa shape index (κ3) is 2.89. The summed E-state index contributed by atoms with van der Waals surface area (Å²) in [7, 11) is 0. The maximum atomic E-state index is 10.2. The molecule has 1 rings (SSSR count). The molecule has 0 radical (unpaired) electrons. The first-order chi connectivity index (χ1) is 6.65. The minimum Gasteiger partial charge on any atom is -0.480 e. The van der Waals surface area contributed by atoms with Crippen molar-refractivity contribution in [3.63, 3.8) is 0 Å². The Morgan fingerprint density at radius 2 is 2.14 bits per heavy atom. The number of ether oxygens (including phenoxy) is 2. The average molecular weight is 207 g/mol. The lowest BCUT2D eigenvalue weighted by Gasteiger charge is -2.32. The molecule has 0 aromatic heterocycles. The predicted octanol–water partition coefficient (Wildman–Crippen LogP) is -1.89. The summed E-state index contributed by atoms with van der Waals surface area (Å²) in [5.41, 5.74) is 0. The molecule has 82 valence electrons. The van der Waals surface area contributed by atoms with Gasteiger partial charge in [0.25, 0.3) is 0 Å². The van der Waals surface area contributed by atoms with Crippen molar-refractivity contribution in [2.24, 2.45) is 5.90 Å². The van der Waals surface area contributed by atoms with Gasteiger partial charge < -0.3 is 19.7 Å². The van der Waals surface area contributed by atoms with Gasteiger partial charge in [-0.25, -0.2) is 10.7 Å². The summed E-state index contributed by atoms with van der Waals surface area (Å²) < 4.78 is 9.88. The van der Waals surface area contributed by atoms with E-state index in [1.807, 2.05) is 0 Å². The first kappa shape index (κ1) is 11.3. The van der Waals surface area contributed by atoms with E-state index in [2.05, 4.69) is 4.84 Å². The van der Waals surface area contributed by atoms with Crippen molar-refractivity contribution in [2.75, 3.05) is 19.8 Å². The van der Waals surface area contributed by atoms with Crippen molar-refractivity contribution >= 4 is 5.97 Å². The smallest absolute Gasteiger partial charge is 0.329 e. The minimum absolute atomic E-state index is 0.133. The van der Waals surface area contributed by atoms with Crippen molar-refractivity contribution in [1.82, 2.24) is 0 Å². The van der Waals surface area contributed by atoms with Crippen LogP contribution >= 0.6 is 0 Å². The van der Waals surface area contributed by atoms with E-state index >= 15 is 0 Å². The second-order valence-electron chi connectivity index (χ2n) is 2.95. The predicted molar refractivity (Wildman–Crippen MR) is 43.3 cm³/mol. The van der Waals surface area contributed by atoms with Crippen LogP contribution in [0.4, 0.5) is 0 Å². The van der Waals surface area contributed by atoms with Gasteiger partial charge in [0.1, 0.15) is 24.9 Å². The summed E-state index contributed by atoms with van der Waals surface area (Å²) in [6.45, 7) is -0.179. The molecule has 1 aliphatic rings. The number of hydrogen-bond donors (Lipinski definition) is 3. The van der Waals surface area contributed by atoms with Crippen LogP contribution in [0.2, 0.25) is 0 Å². The van der Waals surface area contributed by atoms with Crippen LogP contribution in [0.5, 0.6) is 0 Å². The Hall–Kier alpha value is -0.730. The van der Waals surface area contributed by atoms with Crippen LogP contribution in [0, 0.1) is 0 Å². The number of aliphatic carboxylic acids is 1. The summed E-state index contributed by atoms with van der Waals surface area (Å²) in [5, 5.41) is 17.9. The molecule has 7 nitrogen and oxygen atoms in total. The fourth-order valence-electron chi connectivity index (χ4n) is 1.18. The van der Waals surface area contributed by atoms with Gasteiger partial charge in [-0.1, -0.05) is 0 Å². The van der Waals surface area contributed by atoms with E-state index in [-0.39, 0.29) is 13.2 Å². The Bertz CT molecular complexity index is 199. The second kappa shape index (κ2) is 5.23. The van der Waals surface area contributed by atoms with E-state index in [0.29, 0.717) is 0 Å². The highest BCUT2D eigenvalue weighted by molar-refractivity contribution is 5.68. The van der Waals surface area contributed by atoms with E-state index in [1.165, 1.54) is 0 Å². The lowest BCUT2D eigenvalue weighted by atomic mass is 10.1. The first-order valence-electron chi connectivity index (χ1n) is 4.10. The molecule has 1 aliphatic heterocycles. The van der Waals surface area contributed by atoms with E-state index in [0.717, 1.165) is 0 Å². The van der Waals surface area contributed by atoms with Crippen molar-refractivity contribution in [2.45, 2.75) is 18.3 Å². The van der Waals surface area contributed by atoms with Gasteiger partial charge in [-0.3, -0.25) is 4.84 Å². The zero-order valence-corrected chi connectivity index (χ0v) is 7.46. The standard InChI is InChI=1S/C7H13NO6/c8-14-5-2-12-1-4(7(5)11)13-3-6(9)10/h4-5,7,11H,1-3,8H2,(H,9,10)/t4-,5+,7-/m1/s1. The maximum absolute atomic E-state index is 10.2. The third-order valence-electron chi connectivity index (χ3n) is 1.92. The van der Waals surface area contributed by atoms with Gasteiger partial charge in [-0.05, 0) is 0 Å². The summed E-state index contributed by atoms with van der Waals surface area (Å²) in [4.78, 5) is 14.6. The molecule has 0 spiro atoms. The van der Waals surface area contributed by atoms with Gasteiger partial charge in [-0.15, -0.1) is 0 Å². The third-order valence-corrected chi connectivity index (χ3v) is 1.92. The highest BCUT2D eigenvalue weighted by atomic mass is 16.7. The minimum atomic E-state index is -1.10. The van der Waals surface area contributed by atoms with E-state index in [1.54, 1.807) is 0 Å². The number of rotatable bonds is 4. The molecule has 4 N–H and O–H groups in total. The van der Waals surface area contributed by atoms with Crippen LogP contribution in [-0.2, 0) is 19.1 Å². The van der Waals surface area contributed by atoms with E-state index in [9.17, 15) is 9.90 Å². The molecular formula is C7H13NO6. The van der Waals surface area contributed by atoms with Crippen molar-refractivity contribution in [3.05, 3.63) is 0 Å². The number of nitrogens with two attached hydrogens (primary N) is 1. The number of hydrogen-bond acceptors (Lipinski definition) is 6.